The Bertz CT molecular complexity index is 885. The first-order valence-corrected chi connectivity index (χ1v) is 8.29. The van der Waals surface area contributed by atoms with Crippen LogP contribution in [0, 0.1) is 5.82 Å². The fraction of sp³-hybridized carbons (Fsp3) is 0.158. The zero-order valence-electron chi connectivity index (χ0n) is 13.9. The summed E-state index contributed by atoms with van der Waals surface area (Å²) < 4.78 is 18.9. The molecule has 1 aliphatic heterocycles. The lowest BCUT2D eigenvalue weighted by Crippen LogP contribution is -2.49. The Labute approximate surface area is 155 Å². The van der Waals surface area contributed by atoms with E-state index in [0.29, 0.717) is 17.0 Å². The second-order valence-corrected chi connectivity index (χ2v) is 6.05. The molecule has 0 unspecified atom stereocenters. The van der Waals surface area contributed by atoms with Crippen LogP contribution in [-0.2, 0) is 9.59 Å². The Morgan fingerprint density at radius 2 is 2.08 bits per heavy atom. The van der Waals surface area contributed by atoms with Crippen LogP contribution in [0.25, 0.3) is 6.08 Å². The number of nitrogens with one attached hydrogen (secondary N) is 1. The van der Waals surface area contributed by atoms with Crippen LogP contribution in [0.1, 0.15) is 5.56 Å². The number of benzene rings is 2. The summed E-state index contributed by atoms with van der Waals surface area (Å²) in [6.07, 6.45) is 2.10. The average molecular weight is 375 g/mol. The quantitative estimate of drug-likeness (QED) is 0.840. The summed E-state index contributed by atoms with van der Waals surface area (Å²) in [5.74, 6) is -0.703. The van der Waals surface area contributed by atoms with E-state index in [1.165, 1.54) is 36.2 Å². The molecule has 0 saturated heterocycles. The largest absolute Gasteiger partial charge is 0.477 e. The van der Waals surface area contributed by atoms with Gasteiger partial charge in [0.1, 0.15) is 11.6 Å². The lowest BCUT2D eigenvalue weighted by molar-refractivity contribution is -0.127. The van der Waals surface area contributed by atoms with Crippen molar-refractivity contribution in [2.24, 2.45) is 0 Å². The number of likely N-dealkylation sites (N-methyl/N-ethyl adjacent to an activating group) is 1. The molecule has 1 heterocycles. The first-order chi connectivity index (χ1) is 12.5. The Balaban J connectivity index is 1.86. The molecule has 1 atom stereocenters. The van der Waals surface area contributed by atoms with Crippen LogP contribution >= 0.6 is 11.6 Å². The zero-order chi connectivity index (χ0) is 18.7. The number of fused-ring (bicyclic) bond motifs is 1. The van der Waals surface area contributed by atoms with E-state index >= 15 is 0 Å². The van der Waals surface area contributed by atoms with Crippen LogP contribution in [-0.4, -0.2) is 31.5 Å². The molecule has 26 heavy (non-hydrogen) atoms. The summed E-state index contributed by atoms with van der Waals surface area (Å²) in [7, 11) is 1.51. The number of hydrogen-bond donors (Lipinski definition) is 1. The topological polar surface area (TPSA) is 58.6 Å². The van der Waals surface area contributed by atoms with Gasteiger partial charge in [-0.15, -0.1) is 0 Å². The fourth-order valence-corrected chi connectivity index (χ4v) is 2.80. The lowest BCUT2D eigenvalue weighted by atomic mass is 10.1. The monoisotopic (exact) mass is 374 g/mol. The predicted octanol–water partition coefficient (Wildman–Crippen LogP) is 3.03. The summed E-state index contributed by atoms with van der Waals surface area (Å²) in [5.41, 5.74) is 1.17. The maximum absolute atomic E-state index is 13.2. The van der Waals surface area contributed by atoms with Crippen LogP contribution in [0.5, 0.6) is 5.75 Å². The first kappa shape index (κ1) is 17.9. The molecule has 0 aromatic heterocycles. The first-order valence-electron chi connectivity index (χ1n) is 7.91. The Hall–Kier alpha value is -2.86. The lowest BCUT2D eigenvalue weighted by Gasteiger charge is -2.33. The Morgan fingerprint density at radius 3 is 2.81 bits per heavy atom. The smallest absolute Gasteiger partial charge is 0.262 e. The van der Waals surface area contributed by atoms with Gasteiger partial charge < -0.3 is 15.0 Å². The molecule has 0 spiro atoms. The van der Waals surface area contributed by atoms with Crippen molar-refractivity contribution in [3.63, 3.8) is 0 Å². The number of hydrogen-bond acceptors (Lipinski definition) is 3. The Morgan fingerprint density at radius 1 is 1.31 bits per heavy atom. The van der Waals surface area contributed by atoms with Gasteiger partial charge in [-0.05, 0) is 35.9 Å². The molecule has 1 N–H and O–H groups in total. The SMILES string of the molecule is CNC(=O)[C@@H]1CN(C(=O)/C=C/c2ccc(F)c(Cl)c2)c2ccccc2O1. The van der Waals surface area contributed by atoms with Crippen molar-refractivity contribution in [3.05, 3.63) is 64.9 Å². The van der Waals surface area contributed by atoms with E-state index < -0.39 is 11.9 Å². The van der Waals surface area contributed by atoms with Crippen molar-refractivity contribution in [2.45, 2.75) is 6.10 Å². The molecule has 0 aliphatic carbocycles. The normalized spacial score (nSPS) is 16.1. The van der Waals surface area contributed by atoms with E-state index in [1.54, 1.807) is 30.3 Å². The van der Waals surface area contributed by atoms with E-state index in [-0.39, 0.29) is 23.4 Å². The third-order valence-electron chi connectivity index (χ3n) is 3.94. The van der Waals surface area contributed by atoms with Crippen LogP contribution in [0.15, 0.2) is 48.5 Å². The molecule has 134 valence electrons. The van der Waals surface area contributed by atoms with Gasteiger partial charge in [0, 0.05) is 13.1 Å². The summed E-state index contributed by atoms with van der Waals surface area (Å²) in [6.45, 7) is 0.0873. The van der Waals surface area contributed by atoms with Gasteiger partial charge >= 0.3 is 0 Å². The molecule has 0 bridgehead atoms. The highest BCUT2D eigenvalue weighted by molar-refractivity contribution is 6.30. The number of para-hydroxylation sites is 2. The molecule has 2 aromatic carbocycles. The van der Waals surface area contributed by atoms with Gasteiger partial charge in [0.2, 0.25) is 0 Å². The standard InChI is InChI=1S/C19H16ClFN2O3/c1-22-19(25)17-11-23(15-4-2-3-5-16(15)26-17)18(24)9-7-12-6-8-14(21)13(20)10-12/h2-10,17H,11H2,1H3,(H,22,25)/b9-7+/t17-/m0/s1. The molecule has 2 amide bonds. The number of carbonyl (C=O) groups is 2. The molecular weight excluding hydrogens is 359 g/mol. The average Bonchev–Trinajstić information content (AvgIpc) is 2.67. The molecule has 1 aliphatic rings. The van der Waals surface area contributed by atoms with Gasteiger partial charge in [-0.25, -0.2) is 4.39 Å². The van der Waals surface area contributed by atoms with E-state index in [4.69, 9.17) is 16.3 Å². The predicted molar refractivity (Wildman–Crippen MR) is 97.7 cm³/mol. The minimum Gasteiger partial charge on any atom is -0.477 e. The highest BCUT2D eigenvalue weighted by Gasteiger charge is 2.32. The number of ether oxygens (including phenoxy) is 1. The van der Waals surface area contributed by atoms with E-state index in [2.05, 4.69) is 5.32 Å². The van der Waals surface area contributed by atoms with Crippen molar-refractivity contribution in [3.8, 4) is 5.75 Å². The molecule has 0 radical (unpaired) electrons. The number of rotatable bonds is 3. The van der Waals surface area contributed by atoms with Gasteiger partial charge in [0.05, 0.1) is 17.3 Å². The third-order valence-corrected chi connectivity index (χ3v) is 4.23. The molecule has 0 fully saturated rings. The van der Waals surface area contributed by atoms with Crippen molar-refractivity contribution in [1.82, 2.24) is 5.32 Å². The number of nitrogens with zero attached hydrogens (tertiary/aromatic N) is 1. The van der Waals surface area contributed by atoms with Crippen molar-refractivity contribution >= 4 is 35.2 Å². The van der Waals surface area contributed by atoms with Crippen LogP contribution in [0.2, 0.25) is 5.02 Å². The molecule has 7 heteroatoms. The van der Waals surface area contributed by atoms with Crippen molar-refractivity contribution in [2.75, 3.05) is 18.5 Å². The maximum Gasteiger partial charge on any atom is 0.262 e. The third kappa shape index (κ3) is 3.70. The summed E-state index contributed by atoms with van der Waals surface area (Å²) in [4.78, 5) is 26.1. The number of amides is 2. The van der Waals surface area contributed by atoms with Crippen molar-refractivity contribution < 1.29 is 18.7 Å². The number of carbonyl (C=O) groups excluding carboxylic acids is 2. The van der Waals surface area contributed by atoms with Crippen molar-refractivity contribution in [1.29, 1.82) is 0 Å². The highest BCUT2D eigenvalue weighted by Crippen LogP contribution is 2.33. The summed E-state index contributed by atoms with van der Waals surface area (Å²) in [6, 6.07) is 11.2. The fourth-order valence-electron chi connectivity index (χ4n) is 2.61. The van der Waals surface area contributed by atoms with Crippen LogP contribution in [0.3, 0.4) is 0 Å². The van der Waals surface area contributed by atoms with E-state index in [0.717, 1.165) is 0 Å². The number of halogens is 2. The number of anilines is 1. The highest BCUT2D eigenvalue weighted by atomic mass is 35.5. The summed E-state index contributed by atoms with van der Waals surface area (Å²) in [5, 5.41) is 2.51. The molecule has 2 aromatic rings. The Kier molecular flexibility index (Phi) is 5.23. The van der Waals surface area contributed by atoms with Gasteiger partial charge in [0.25, 0.3) is 11.8 Å². The van der Waals surface area contributed by atoms with Crippen LogP contribution < -0.4 is 15.0 Å². The van der Waals surface area contributed by atoms with Gasteiger partial charge in [-0.1, -0.05) is 29.8 Å². The molecule has 5 nitrogen and oxygen atoms in total. The van der Waals surface area contributed by atoms with Gasteiger partial charge in [-0.3, -0.25) is 9.59 Å². The minimum absolute atomic E-state index is 0.0176. The molecular formula is C19H16ClFN2O3. The van der Waals surface area contributed by atoms with E-state index in [1.807, 2.05) is 0 Å². The maximum atomic E-state index is 13.2. The molecule has 0 saturated carbocycles. The minimum atomic E-state index is -0.799. The van der Waals surface area contributed by atoms with Crippen LogP contribution in [0.4, 0.5) is 10.1 Å². The second kappa shape index (κ2) is 7.58. The van der Waals surface area contributed by atoms with E-state index in [9.17, 15) is 14.0 Å². The summed E-state index contributed by atoms with van der Waals surface area (Å²) >= 11 is 5.75. The second-order valence-electron chi connectivity index (χ2n) is 5.64. The van der Waals surface area contributed by atoms with Gasteiger partial charge in [-0.2, -0.15) is 0 Å². The molecule has 3 rings (SSSR count). The van der Waals surface area contributed by atoms with Gasteiger partial charge in [0.15, 0.2) is 6.10 Å². The zero-order valence-corrected chi connectivity index (χ0v) is 14.7.